The van der Waals surface area contributed by atoms with E-state index >= 15 is 0 Å². The fraction of sp³-hybridized carbons (Fsp3) is 0.263. The zero-order chi connectivity index (χ0) is 19.8. The molecule has 0 aliphatic carbocycles. The third kappa shape index (κ3) is 3.67. The molecule has 0 spiro atoms. The maximum atomic E-state index is 12.5. The Morgan fingerprint density at radius 1 is 1.33 bits per heavy atom. The number of nitriles is 1. The van der Waals surface area contributed by atoms with Gasteiger partial charge in [0.25, 0.3) is 10.6 Å². The average Bonchev–Trinajstić information content (AvgIpc) is 2.59. The minimum atomic E-state index is -0.870. The van der Waals surface area contributed by atoms with Crippen LogP contribution in [0.3, 0.4) is 0 Å². The van der Waals surface area contributed by atoms with Crippen molar-refractivity contribution in [1.82, 2.24) is 4.57 Å². The van der Waals surface area contributed by atoms with Crippen LogP contribution in [0.25, 0.3) is 5.70 Å². The van der Waals surface area contributed by atoms with E-state index in [9.17, 15) is 20.2 Å². The molecule has 2 aromatic rings. The van der Waals surface area contributed by atoms with E-state index in [1.807, 2.05) is 13.8 Å². The van der Waals surface area contributed by atoms with E-state index in [1.165, 1.54) is 29.8 Å². The molecule has 2 heterocycles. The molecule has 0 N–H and O–H groups in total. The predicted octanol–water partition coefficient (Wildman–Crippen LogP) is 3.05. The molecule has 138 valence electrons. The third-order valence-corrected chi connectivity index (χ3v) is 4.15. The Balaban J connectivity index is 2.18. The first kappa shape index (κ1) is 18.2. The average molecular weight is 367 g/mol. The van der Waals surface area contributed by atoms with Gasteiger partial charge in [-0.2, -0.15) is 5.26 Å². The fourth-order valence-electron chi connectivity index (χ4n) is 2.93. The molecule has 0 saturated heterocycles. The molecule has 8 heteroatoms. The third-order valence-electron chi connectivity index (χ3n) is 4.15. The first-order chi connectivity index (χ1) is 12.7. The summed E-state index contributed by atoms with van der Waals surface area (Å²) in [5.41, 5.74) is 1.03. The van der Waals surface area contributed by atoms with Crippen molar-refractivity contribution >= 4 is 5.70 Å². The standard InChI is InChI=1S/C19H17N3O5/c1-12(27-22(24)25)14-5-7-18(23)21(11-14)16-9-19(2,3)26-17-6-4-13(10-20)8-15(16)17/h4-9,11-12H,1-3H3. The minimum absolute atomic E-state index is 0.315. The van der Waals surface area contributed by atoms with Gasteiger partial charge in [0.15, 0.2) is 0 Å². The van der Waals surface area contributed by atoms with Crippen LogP contribution < -0.4 is 10.3 Å². The summed E-state index contributed by atoms with van der Waals surface area (Å²) in [6.07, 6.45) is 2.44. The second-order valence-electron chi connectivity index (χ2n) is 6.70. The Labute approximate surface area is 155 Å². The van der Waals surface area contributed by atoms with Crippen LogP contribution in [0.1, 0.15) is 43.6 Å². The number of aromatic nitrogens is 1. The second-order valence-corrected chi connectivity index (χ2v) is 6.70. The number of hydrogen-bond acceptors (Lipinski definition) is 6. The first-order valence-electron chi connectivity index (χ1n) is 8.21. The molecule has 1 aliphatic heterocycles. The summed E-state index contributed by atoms with van der Waals surface area (Å²) in [5.74, 6) is 0.545. The van der Waals surface area contributed by atoms with Crippen molar-refractivity contribution in [3.8, 4) is 11.8 Å². The summed E-state index contributed by atoms with van der Waals surface area (Å²) in [4.78, 5) is 27.7. The van der Waals surface area contributed by atoms with Crippen molar-refractivity contribution in [3.05, 3.63) is 79.8 Å². The molecule has 0 radical (unpaired) electrons. The number of pyridine rings is 1. The Kier molecular flexibility index (Phi) is 4.45. The molecule has 3 rings (SSSR count). The van der Waals surface area contributed by atoms with Gasteiger partial charge in [0.1, 0.15) is 17.5 Å². The van der Waals surface area contributed by atoms with Crippen molar-refractivity contribution in [2.24, 2.45) is 0 Å². The van der Waals surface area contributed by atoms with Crippen LogP contribution in [0.4, 0.5) is 0 Å². The van der Waals surface area contributed by atoms with Crippen molar-refractivity contribution in [2.45, 2.75) is 32.5 Å². The fourth-order valence-corrected chi connectivity index (χ4v) is 2.93. The normalized spacial score (nSPS) is 15.6. The van der Waals surface area contributed by atoms with E-state index in [4.69, 9.17) is 4.74 Å². The number of hydrogen-bond donors (Lipinski definition) is 0. The first-order valence-corrected chi connectivity index (χ1v) is 8.21. The van der Waals surface area contributed by atoms with Gasteiger partial charge in [0, 0.05) is 17.8 Å². The Morgan fingerprint density at radius 3 is 2.74 bits per heavy atom. The summed E-state index contributed by atoms with van der Waals surface area (Å²) in [6.45, 7) is 5.22. The molecular weight excluding hydrogens is 350 g/mol. The summed E-state index contributed by atoms with van der Waals surface area (Å²) in [5, 5.41) is 18.9. The molecule has 0 saturated carbocycles. The van der Waals surface area contributed by atoms with E-state index in [0.717, 1.165) is 0 Å². The highest BCUT2D eigenvalue weighted by molar-refractivity contribution is 5.74. The van der Waals surface area contributed by atoms with Crippen LogP contribution in [0.15, 0.2) is 47.4 Å². The van der Waals surface area contributed by atoms with E-state index in [0.29, 0.717) is 28.1 Å². The van der Waals surface area contributed by atoms with Crippen molar-refractivity contribution in [2.75, 3.05) is 0 Å². The molecule has 1 unspecified atom stereocenters. The number of benzene rings is 1. The highest BCUT2D eigenvalue weighted by atomic mass is 17.0. The van der Waals surface area contributed by atoms with Crippen molar-refractivity contribution < 1.29 is 14.7 Å². The molecular formula is C19H17N3O5. The summed E-state index contributed by atoms with van der Waals surface area (Å²) in [6, 6.07) is 9.87. The molecule has 27 heavy (non-hydrogen) atoms. The maximum Gasteiger partial charge on any atom is 0.295 e. The molecule has 8 nitrogen and oxygen atoms in total. The molecule has 0 fully saturated rings. The Hall–Kier alpha value is -3.60. The molecule has 0 amide bonds. The lowest BCUT2D eigenvalue weighted by Crippen LogP contribution is -2.32. The zero-order valence-corrected chi connectivity index (χ0v) is 15.0. The van der Waals surface area contributed by atoms with E-state index in [2.05, 4.69) is 10.9 Å². The van der Waals surface area contributed by atoms with Crippen LogP contribution >= 0.6 is 0 Å². The SMILES string of the molecule is CC(O[N+](=O)[O-])c1ccc(=O)n(C2=CC(C)(C)Oc3ccc(C#N)cc32)c1. The van der Waals surface area contributed by atoms with Crippen molar-refractivity contribution in [3.63, 3.8) is 0 Å². The molecule has 1 atom stereocenters. The molecule has 0 bridgehead atoms. The number of rotatable bonds is 4. The highest BCUT2D eigenvalue weighted by Gasteiger charge is 2.28. The van der Waals surface area contributed by atoms with Gasteiger partial charge in [0.2, 0.25) is 0 Å². The number of nitrogens with zero attached hydrogens (tertiary/aromatic N) is 3. The quantitative estimate of drug-likeness (QED) is 0.607. The van der Waals surface area contributed by atoms with E-state index in [1.54, 1.807) is 24.3 Å². The zero-order valence-electron chi connectivity index (χ0n) is 15.0. The van der Waals surface area contributed by atoms with Crippen LogP contribution in [-0.2, 0) is 4.84 Å². The minimum Gasteiger partial charge on any atom is -0.483 e. The topological polar surface area (TPSA) is 107 Å². The van der Waals surface area contributed by atoms with Gasteiger partial charge in [-0.25, -0.2) is 0 Å². The summed E-state index contributed by atoms with van der Waals surface area (Å²) >= 11 is 0. The Bertz CT molecular complexity index is 1050. The van der Waals surface area contributed by atoms with Crippen LogP contribution in [0, 0.1) is 21.4 Å². The van der Waals surface area contributed by atoms with Crippen LogP contribution in [-0.4, -0.2) is 15.3 Å². The largest absolute Gasteiger partial charge is 0.483 e. The van der Waals surface area contributed by atoms with Crippen LogP contribution in [0.2, 0.25) is 0 Å². The lowest BCUT2D eigenvalue weighted by atomic mass is 9.97. The molecule has 1 aliphatic rings. The van der Waals surface area contributed by atoms with Gasteiger partial charge in [0.05, 0.1) is 17.3 Å². The lowest BCUT2D eigenvalue weighted by molar-refractivity contribution is -0.770. The second kappa shape index (κ2) is 6.61. The molecule has 1 aromatic carbocycles. The van der Waals surface area contributed by atoms with Gasteiger partial charge in [-0.05, 0) is 56.7 Å². The van der Waals surface area contributed by atoms with Gasteiger partial charge in [-0.1, -0.05) is 0 Å². The monoisotopic (exact) mass is 367 g/mol. The van der Waals surface area contributed by atoms with Crippen LogP contribution in [0.5, 0.6) is 5.75 Å². The van der Waals surface area contributed by atoms with E-state index in [-0.39, 0.29) is 5.56 Å². The highest BCUT2D eigenvalue weighted by Crippen LogP contribution is 2.37. The number of ether oxygens (including phenoxy) is 1. The van der Waals surface area contributed by atoms with Gasteiger partial charge in [-0.3, -0.25) is 9.36 Å². The maximum absolute atomic E-state index is 12.5. The lowest BCUT2D eigenvalue weighted by Gasteiger charge is -2.31. The predicted molar refractivity (Wildman–Crippen MR) is 96.4 cm³/mol. The summed E-state index contributed by atoms with van der Waals surface area (Å²) in [7, 11) is 0. The number of fused-ring (bicyclic) bond motifs is 1. The van der Waals surface area contributed by atoms with Gasteiger partial charge >= 0.3 is 0 Å². The summed E-state index contributed by atoms with van der Waals surface area (Å²) < 4.78 is 7.31. The molecule has 1 aromatic heterocycles. The van der Waals surface area contributed by atoms with E-state index < -0.39 is 16.8 Å². The Morgan fingerprint density at radius 2 is 2.07 bits per heavy atom. The van der Waals surface area contributed by atoms with Crippen molar-refractivity contribution in [1.29, 1.82) is 5.26 Å². The smallest absolute Gasteiger partial charge is 0.295 e. The van der Waals surface area contributed by atoms with Gasteiger partial charge in [-0.15, -0.1) is 10.1 Å². The van der Waals surface area contributed by atoms with Gasteiger partial charge < -0.3 is 9.57 Å².